The van der Waals surface area contributed by atoms with E-state index in [1.807, 2.05) is 6.92 Å². The maximum atomic E-state index is 12.8. The fraction of sp³-hybridized carbons (Fsp3) is 0.214. The van der Waals surface area contributed by atoms with E-state index in [0.29, 0.717) is 12.2 Å². The average molecular weight is 347 g/mol. The number of halogens is 4. The molecule has 0 N–H and O–H groups in total. The lowest BCUT2D eigenvalue weighted by Gasteiger charge is -2.10. The van der Waals surface area contributed by atoms with Crippen LogP contribution in [0.25, 0.3) is 0 Å². The van der Waals surface area contributed by atoms with Gasteiger partial charge in [0.2, 0.25) is 5.78 Å². The molecule has 1 aromatic carbocycles. The van der Waals surface area contributed by atoms with Crippen molar-refractivity contribution >= 4 is 21.7 Å². The van der Waals surface area contributed by atoms with Gasteiger partial charge in [0, 0.05) is 16.5 Å². The highest BCUT2D eigenvalue weighted by molar-refractivity contribution is 9.10. The Labute approximate surface area is 121 Å². The van der Waals surface area contributed by atoms with Gasteiger partial charge in [-0.3, -0.25) is 4.79 Å². The smallest absolute Gasteiger partial charge is 0.417 e. The van der Waals surface area contributed by atoms with Crippen LogP contribution in [-0.2, 0) is 12.6 Å². The maximum Gasteiger partial charge on any atom is 0.417 e. The van der Waals surface area contributed by atoms with Crippen LogP contribution in [0, 0.1) is 0 Å². The highest BCUT2D eigenvalue weighted by atomic mass is 79.9. The van der Waals surface area contributed by atoms with Crippen LogP contribution in [0.2, 0.25) is 0 Å². The van der Waals surface area contributed by atoms with Crippen LogP contribution in [0.1, 0.15) is 34.4 Å². The van der Waals surface area contributed by atoms with Crippen molar-refractivity contribution in [1.29, 1.82) is 0 Å². The van der Waals surface area contributed by atoms with Crippen LogP contribution in [0.5, 0.6) is 0 Å². The molecule has 0 unspecified atom stereocenters. The summed E-state index contributed by atoms with van der Waals surface area (Å²) >= 11 is 2.83. The van der Waals surface area contributed by atoms with Gasteiger partial charge in [0.15, 0.2) is 5.76 Å². The quantitative estimate of drug-likeness (QED) is 0.743. The minimum atomic E-state index is -4.52. The summed E-state index contributed by atoms with van der Waals surface area (Å²) in [6.45, 7) is 1.86. The summed E-state index contributed by atoms with van der Waals surface area (Å²) in [5.74, 6) is 0.0847. The van der Waals surface area contributed by atoms with Crippen LogP contribution in [0.3, 0.4) is 0 Å². The molecule has 0 aliphatic carbocycles. The lowest BCUT2D eigenvalue weighted by Crippen LogP contribution is -2.09. The maximum absolute atomic E-state index is 12.8. The molecule has 2 rings (SSSR count). The first-order valence-corrected chi connectivity index (χ1v) is 6.62. The van der Waals surface area contributed by atoms with Crippen molar-refractivity contribution < 1.29 is 22.4 Å². The Balaban J connectivity index is 2.40. The molecule has 20 heavy (non-hydrogen) atoms. The Morgan fingerprint density at radius 1 is 1.25 bits per heavy atom. The van der Waals surface area contributed by atoms with Crippen molar-refractivity contribution in [1.82, 2.24) is 0 Å². The van der Waals surface area contributed by atoms with E-state index in [0.717, 1.165) is 6.07 Å². The average Bonchev–Trinajstić information content (AvgIpc) is 2.86. The van der Waals surface area contributed by atoms with Gasteiger partial charge in [-0.25, -0.2) is 0 Å². The molecular formula is C14H10BrF3O2. The summed E-state index contributed by atoms with van der Waals surface area (Å²) in [7, 11) is 0. The van der Waals surface area contributed by atoms with E-state index >= 15 is 0 Å². The Kier molecular flexibility index (Phi) is 4.04. The first kappa shape index (κ1) is 14.8. The second-order valence-corrected chi connectivity index (χ2v) is 5.00. The zero-order valence-electron chi connectivity index (χ0n) is 10.4. The normalized spacial score (nSPS) is 11.7. The Morgan fingerprint density at radius 3 is 2.50 bits per heavy atom. The molecule has 0 amide bonds. The molecule has 1 heterocycles. The van der Waals surface area contributed by atoms with Crippen molar-refractivity contribution in [2.75, 3.05) is 0 Å². The molecule has 0 atom stereocenters. The van der Waals surface area contributed by atoms with E-state index in [9.17, 15) is 18.0 Å². The summed E-state index contributed by atoms with van der Waals surface area (Å²) in [5, 5.41) is 0. The molecule has 0 radical (unpaired) electrons. The van der Waals surface area contributed by atoms with Gasteiger partial charge in [0.05, 0.1) is 5.56 Å². The third kappa shape index (κ3) is 2.95. The van der Waals surface area contributed by atoms with Gasteiger partial charge in [-0.05, 0) is 30.3 Å². The molecule has 2 nitrogen and oxygen atoms in total. The van der Waals surface area contributed by atoms with Gasteiger partial charge in [-0.2, -0.15) is 13.2 Å². The number of carbonyl (C=O) groups is 1. The first-order chi connectivity index (χ1) is 9.32. The standard InChI is InChI=1S/C14H10BrF3O2/c1-2-9-4-6-12(20-9)13(19)8-3-5-11(15)10(7-8)14(16,17)18/h3-7H,2H2,1H3. The largest absolute Gasteiger partial charge is 0.458 e. The van der Waals surface area contributed by atoms with Crippen LogP contribution in [0.15, 0.2) is 39.2 Å². The zero-order chi connectivity index (χ0) is 14.9. The van der Waals surface area contributed by atoms with Crippen LogP contribution < -0.4 is 0 Å². The molecule has 0 saturated carbocycles. The Hall–Kier alpha value is -1.56. The van der Waals surface area contributed by atoms with Gasteiger partial charge < -0.3 is 4.42 Å². The fourth-order valence-electron chi connectivity index (χ4n) is 1.72. The van der Waals surface area contributed by atoms with Gasteiger partial charge in [-0.1, -0.05) is 22.9 Å². The van der Waals surface area contributed by atoms with Crippen molar-refractivity contribution in [3.8, 4) is 0 Å². The highest BCUT2D eigenvalue weighted by Gasteiger charge is 2.33. The Morgan fingerprint density at radius 2 is 1.95 bits per heavy atom. The van der Waals surface area contributed by atoms with Crippen molar-refractivity contribution in [2.45, 2.75) is 19.5 Å². The number of hydrogen-bond acceptors (Lipinski definition) is 2. The molecule has 6 heteroatoms. The van der Waals surface area contributed by atoms with E-state index in [1.165, 1.54) is 18.2 Å². The number of alkyl halides is 3. The monoisotopic (exact) mass is 346 g/mol. The number of benzene rings is 1. The van der Waals surface area contributed by atoms with Crippen LogP contribution >= 0.6 is 15.9 Å². The minimum Gasteiger partial charge on any atom is -0.458 e. The van der Waals surface area contributed by atoms with Gasteiger partial charge >= 0.3 is 6.18 Å². The molecule has 0 bridgehead atoms. The van der Waals surface area contributed by atoms with Gasteiger partial charge in [-0.15, -0.1) is 0 Å². The number of aryl methyl sites for hydroxylation is 1. The lowest BCUT2D eigenvalue weighted by atomic mass is 10.1. The van der Waals surface area contributed by atoms with E-state index in [4.69, 9.17) is 4.42 Å². The molecular weight excluding hydrogens is 337 g/mol. The molecule has 0 saturated heterocycles. The predicted molar refractivity (Wildman–Crippen MR) is 70.7 cm³/mol. The predicted octanol–water partition coefficient (Wildman–Crippen LogP) is 4.85. The first-order valence-electron chi connectivity index (χ1n) is 5.83. The molecule has 0 spiro atoms. The van der Waals surface area contributed by atoms with Crippen molar-refractivity contribution in [2.24, 2.45) is 0 Å². The van der Waals surface area contributed by atoms with E-state index in [-0.39, 0.29) is 15.8 Å². The SMILES string of the molecule is CCc1ccc(C(=O)c2ccc(Br)c(C(F)(F)F)c2)o1. The van der Waals surface area contributed by atoms with Crippen LogP contribution in [0.4, 0.5) is 13.2 Å². The highest BCUT2D eigenvalue weighted by Crippen LogP contribution is 2.35. The molecule has 0 aliphatic heterocycles. The van der Waals surface area contributed by atoms with Gasteiger partial charge in [0.1, 0.15) is 5.76 Å². The molecule has 2 aromatic rings. The number of carbonyl (C=O) groups excluding carboxylic acids is 1. The minimum absolute atomic E-state index is 0.0392. The second-order valence-electron chi connectivity index (χ2n) is 4.14. The second kappa shape index (κ2) is 5.44. The molecule has 0 aliphatic rings. The fourth-order valence-corrected chi connectivity index (χ4v) is 2.19. The topological polar surface area (TPSA) is 30.2 Å². The van der Waals surface area contributed by atoms with E-state index in [2.05, 4.69) is 15.9 Å². The third-order valence-electron chi connectivity index (χ3n) is 2.77. The summed E-state index contributed by atoms with van der Waals surface area (Å²) in [4.78, 5) is 12.1. The molecule has 1 aromatic heterocycles. The van der Waals surface area contributed by atoms with E-state index < -0.39 is 17.5 Å². The van der Waals surface area contributed by atoms with Crippen molar-refractivity contribution in [3.05, 3.63) is 57.5 Å². The molecule has 0 fully saturated rings. The van der Waals surface area contributed by atoms with E-state index in [1.54, 1.807) is 6.07 Å². The van der Waals surface area contributed by atoms with Gasteiger partial charge in [0.25, 0.3) is 0 Å². The summed E-state index contributed by atoms with van der Waals surface area (Å²) in [5.41, 5.74) is -0.942. The number of rotatable bonds is 3. The lowest BCUT2D eigenvalue weighted by molar-refractivity contribution is -0.138. The zero-order valence-corrected chi connectivity index (χ0v) is 12.0. The number of ketones is 1. The van der Waals surface area contributed by atoms with Crippen LogP contribution in [-0.4, -0.2) is 5.78 Å². The summed E-state index contributed by atoms with van der Waals surface area (Å²) < 4.78 is 43.5. The third-order valence-corrected chi connectivity index (χ3v) is 3.46. The Bertz CT molecular complexity index is 644. The number of furan rings is 1. The van der Waals surface area contributed by atoms with Crippen molar-refractivity contribution in [3.63, 3.8) is 0 Å². The molecule has 106 valence electrons. The summed E-state index contributed by atoms with van der Waals surface area (Å²) in [6.07, 6.45) is -3.91. The number of hydrogen-bond donors (Lipinski definition) is 0. The summed E-state index contributed by atoms with van der Waals surface area (Å²) in [6, 6.07) is 6.46.